The second-order valence-electron chi connectivity index (χ2n) is 4.62. The maximum atomic E-state index is 12.1. The van der Waals surface area contributed by atoms with Gasteiger partial charge in [-0.05, 0) is 44.1 Å². The largest absolute Gasteiger partial charge is 0.325 e. The molecule has 0 aliphatic heterocycles. The lowest BCUT2D eigenvalue weighted by atomic mass is 10.1. The van der Waals surface area contributed by atoms with Gasteiger partial charge in [0.2, 0.25) is 5.91 Å². The Labute approximate surface area is 115 Å². The van der Waals surface area contributed by atoms with E-state index in [0.717, 1.165) is 22.6 Å². The predicted molar refractivity (Wildman–Crippen MR) is 81.4 cm³/mol. The first-order chi connectivity index (χ1) is 8.56. The van der Waals surface area contributed by atoms with Crippen LogP contribution in [0.15, 0.2) is 18.2 Å². The zero-order chi connectivity index (χ0) is 13.5. The van der Waals surface area contributed by atoms with Crippen LogP contribution >= 0.6 is 11.8 Å². The van der Waals surface area contributed by atoms with Crippen molar-refractivity contribution in [3.05, 3.63) is 29.3 Å². The molecule has 0 fully saturated rings. The predicted octanol–water partition coefficient (Wildman–Crippen LogP) is 4.16. The molecule has 0 bridgehead atoms. The summed E-state index contributed by atoms with van der Waals surface area (Å²) in [6, 6.07) is 6.06. The molecule has 1 aromatic carbocycles. The van der Waals surface area contributed by atoms with Gasteiger partial charge in [-0.2, -0.15) is 0 Å². The van der Waals surface area contributed by atoms with Gasteiger partial charge >= 0.3 is 0 Å². The van der Waals surface area contributed by atoms with Crippen LogP contribution in [0.3, 0.4) is 0 Å². The lowest BCUT2D eigenvalue weighted by Gasteiger charge is -2.15. The number of hydrogen-bond acceptors (Lipinski definition) is 2. The van der Waals surface area contributed by atoms with Crippen LogP contribution in [-0.4, -0.2) is 16.9 Å². The average molecular weight is 265 g/mol. The summed E-state index contributed by atoms with van der Waals surface area (Å²) in [4.78, 5) is 12.1. The summed E-state index contributed by atoms with van der Waals surface area (Å²) in [7, 11) is 0. The molecule has 1 amide bonds. The van der Waals surface area contributed by atoms with Gasteiger partial charge in [0.25, 0.3) is 0 Å². The van der Waals surface area contributed by atoms with E-state index in [-0.39, 0.29) is 11.2 Å². The highest BCUT2D eigenvalue weighted by atomic mass is 32.2. The third-order valence-corrected chi connectivity index (χ3v) is 4.20. The monoisotopic (exact) mass is 265 g/mol. The first kappa shape index (κ1) is 15.1. The van der Waals surface area contributed by atoms with Crippen molar-refractivity contribution in [3.8, 4) is 0 Å². The lowest BCUT2D eigenvalue weighted by Crippen LogP contribution is -2.23. The number of rotatable bonds is 6. The fraction of sp³-hybridized carbons (Fsp3) is 0.533. The van der Waals surface area contributed by atoms with Crippen LogP contribution in [0.2, 0.25) is 0 Å². The molecule has 0 heterocycles. The summed E-state index contributed by atoms with van der Waals surface area (Å²) < 4.78 is 0. The van der Waals surface area contributed by atoms with Crippen LogP contribution in [0.1, 0.15) is 37.8 Å². The highest BCUT2D eigenvalue weighted by molar-refractivity contribution is 8.00. The van der Waals surface area contributed by atoms with Gasteiger partial charge in [-0.15, -0.1) is 11.8 Å². The van der Waals surface area contributed by atoms with Gasteiger partial charge in [0.05, 0.1) is 5.25 Å². The Kier molecular flexibility index (Phi) is 6.27. The fourth-order valence-corrected chi connectivity index (χ4v) is 2.74. The summed E-state index contributed by atoms with van der Waals surface area (Å²) in [5.74, 6) is 1.16. The number of carbonyl (C=O) groups excluding carboxylic acids is 1. The van der Waals surface area contributed by atoms with Crippen LogP contribution in [-0.2, 0) is 4.79 Å². The standard InChI is InChI=1S/C15H23NOS/c1-5-6-10-18-13(4)15(17)16-14-11(2)8-7-9-12(14)3/h7-9,13H,5-6,10H2,1-4H3,(H,16,17). The number of benzene rings is 1. The maximum Gasteiger partial charge on any atom is 0.237 e. The maximum absolute atomic E-state index is 12.1. The molecule has 0 radical (unpaired) electrons. The molecule has 100 valence electrons. The quantitative estimate of drug-likeness (QED) is 0.782. The van der Waals surface area contributed by atoms with Crippen molar-refractivity contribution in [3.63, 3.8) is 0 Å². The first-order valence-electron chi connectivity index (χ1n) is 6.55. The number of nitrogens with one attached hydrogen (secondary N) is 1. The van der Waals surface area contributed by atoms with Gasteiger partial charge in [0.15, 0.2) is 0 Å². The molecule has 0 aromatic heterocycles. The summed E-state index contributed by atoms with van der Waals surface area (Å²) in [5, 5.41) is 3.06. The van der Waals surface area contributed by atoms with Crippen molar-refractivity contribution in [2.45, 2.75) is 45.8 Å². The number of carbonyl (C=O) groups is 1. The Morgan fingerprint density at radius 2 is 1.94 bits per heavy atom. The Hall–Kier alpha value is -0.960. The van der Waals surface area contributed by atoms with Crippen LogP contribution in [0.4, 0.5) is 5.69 Å². The zero-order valence-corrected chi connectivity index (χ0v) is 12.6. The average Bonchev–Trinajstić information content (AvgIpc) is 2.34. The van der Waals surface area contributed by atoms with E-state index >= 15 is 0 Å². The molecule has 0 aliphatic carbocycles. The van der Waals surface area contributed by atoms with Crippen molar-refractivity contribution >= 4 is 23.4 Å². The minimum atomic E-state index is 0.00977. The Morgan fingerprint density at radius 3 is 2.50 bits per heavy atom. The molecule has 18 heavy (non-hydrogen) atoms. The SMILES string of the molecule is CCCCSC(C)C(=O)Nc1c(C)cccc1C. The second kappa shape index (κ2) is 7.47. The number of anilines is 1. The van der Waals surface area contributed by atoms with Crippen LogP contribution in [0.5, 0.6) is 0 Å². The van der Waals surface area contributed by atoms with Crippen molar-refractivity contribution in [2.75, 3.05) is 11.1 Å². The Morgan fingerprint density at radius 1 is 1.33 bits per heavy atom. The number of para-hydroxylation sites is 1. The molecule has 1 aromatic rings. The normalized spacial score (nSPS) is 12.2. The van der Waals surface area contributed by atoms with Crippen LogP contribution < -0.4 is 5.32 Å². The molecule has 0 spiro atoms. The van der Waals surface area contributed by atoms with E-state index in [2.05, 4.69) is 12.2 Å². The molecule has 1 atom stereocenters. The number of aryl methyl sites for hydroxylation is 2. The summed E-state index contributed by atoms with van der Waals surface area (Å²) in [5.41, 5.74) is 3.20. The van der Waals surface area contributed by atoms with Crippen molar-refractivity contribution < 1.29 is 4.79 Å². The minimum absolute atomic E-state index is 0.00977. The number of thioether (sulfide) groups is 1. The van der Waals surface area contributed by atoms with Gasteiger partial charge in [-0.1, -0.05) is 31.5 Å². The molecule has 1 rings (SSSR count). The van der Waals surface area contributed by atoms with Crippen LogP contribution in [0, 0.1) is 13.8 Å². The molecular formula is C15H23NOS. The highest BCUT2D eigenvalue weighted by Gasteiger charge is 2.14. The minimum Gasteiger partial charge on any atom is -0.325 e. The molecular weight excluding hydrogens is 242 g/mol. The molecule has 0 saturated heterocycles. The first-order valence-corrected chi connectivity index (χ1v) is 7.59. The van der Waals surface area contributed by atoms with Gasteiger partial charge in [0, 0.05) is 5.69 Å². The lowest BCUT2D eigenvalue weighted by molar-refractivity contribution is -0.115. The van der Waals surface area contributed by atoms with E-state index in [0.29, 0.717) is 0 Å². The highest BCUT2D eigenvalue weighted by Crippen LogP contribution is 2.21. The molecule has 1 N–H and O–H groups in total. The summed E-state index contributed by atoms with van der Waals surface area (Å²) in [6.07, 6.45) is 2.35. The smallest absolute Gasteiger partial charge is 0.237 e. The molecule has 0 saturated carbocycles. The van der Waals surface area contributed by atoms with E-state index in [1.807, 2.05) is 39.0 Å². The summed E-state index contributed by atoms with van der Waals surface area (Å²) >= 11 is 1.73. The van der Waals surface area contributed by atoms with Gasteiger partial charge in [0.1, 0.15) is 0 Å². The van der Waals surface area contributed by atoms with E-state index in [1.165, 1.54) is 12.8 Å². The third kappa shape index (κ3) is 4.37. The molecule has 3 heteroatoms. The van der Waals surface area contributed by atoms with Crippen molar-refractivity contribution in [2.24, 2.45) is 0 Å². The fourth-order valence-electron chi connectivity index (χ4n) is 1.72. The van der Waals surface area contributed by atoms with E-state index in [1.54, 1.807) is 11.8 Å². The van der Waals surface area contributed by atoms with E-state index < -0.39 is 0 Å². The van der Waals surface area contributed by atoms with Gasteiger partial charge in [-0.25, -0.2) is 0 Å². The van der Waals surface area contributed by atoms with Crippen molar-refractivity contribution in [1.82, 2.24) is 0 Å². The molecule has 2 nitrogen and oxygen atoms in total. The zero-order valence-electron chi connectivity index (χ0n) is 11.7. The van der Waals surface area contributed by atoms with Crippen LogP contribution in [0.25, 0.3) is 0 Å². The molecule has 0 aliphatic rings. The topological polar surface area (TPSA) is 29.1 Å². The third-order valence-electron chi connectivity index (χ3n) is 2.96. The number of hydrogen-bond donors (Lipinski definition) is 1. The van der Waals surface area contributed by atoms with E-state index in [9.17, 15) is 4.79 Å². The van der Waals surface area contributed by atoms with Gasteiger partial charge in [-0.3, -0.25) is 4.79 Å². The Bertz CT molecular complexity index is 383. The second-order valence-corrected chi connectivity index (χ2v) is 6.07. The van der Waals surface area contributed by atoms with Gasteiger partial charge < -0.3 is 5.32 Å². The summed E-state index contributed by atoms with van der Waals surface area (Å²) in [6.45, 7) is 8.19. The Balaban J connectivity index is 2.58. The number of amides is 1. The van der Waals surface area contributed by atoms with Crippen molar-refractivity contribution in [1.29, 1.82) is 0 Å². The number of unbranched alkanes of at least 4 members (excludes halogenated alkanes) is 1. The van der Waals surface area contributed by atoms with E-state index in [4.69, 9.17) is 0 Å². The molecule has 1 unspecified atom stereocenters.